The van der Waals surface area contributed by atoms with Crippen LogP contribution in [0.2, 0.25) is 10.0 Å². The first-order chi connectivity index (χ1) is 14.1. The van der Waals surface area contributed by atoms with Crippen LogP contribution >= 0.6 is 23.2 Å². The van der Waals surface area contributed by atoms with E-state index in [1.165, 1.54) is 26.0 Å². The van der Waals surface area contributed by atoms with Crippen molar-refractivity contribution < 1.29 is 27.1 Å². The number of alkyl halides is 3. The van der Waals surface area contributed by atoms with Gasteiger partial charge < -0.3 is 10.1 Å². The SMILES string of the molecule is Bc1cc(F)cc(Cl)c1NC(=O)COc1cc(C(F)(F)F)nn1-c1ccccc1Cl. The topological polar surface area (TPSA) is 56.1 Å². The predicted octanol–water partition coefficient (Wildman–Crippen LogP) is 3.61. The number of halogens is 6. The van der Waals surface area contributed by atoms with Crippen LogP contribution in [0.4, 0.5) is 23.2 Å². The maximum absolute atomic E-state index is 13.3. The summed E-state index contributed by atoms with van der Waals surface area (Å²) in [5.74, 6) is -1.63. The van der Waals surface area contributed by atoms with Crippen molar-refractivity contribution in [1.29, 1.82) is 0 Å². The summed E-state index contributed by atoms with van der Waals surface area (Å²) in [6.45, 7) is -0.652. The van der Waals surface area contributed by atoms with Crippen molar-refractivity contribution in [3.05, 3.63) is 64.0 Å². The standard InChI is InChI=1S/C18H12BCl2F4N3O2/c19-10-5-9(22)6-12(21)17(10)26-15(29)8-30-16-7-14(18(23,24)25)27-28(16)13-4-2-1-3-11(13)20/h1-7H,8,19H2,(H,26,29). The number of para-hydroxylation sites is 1. The number of nitrogens with zero attached hydrogens (tertiary/aromatic N) is 2. The Labute approximate surface area is 178 Å². The molecule has 0 radical (unpaired) electrons. The number of aromatic nitrogens is 2. The summed E-state index contributed by atoms with van der Waals surface area (Å²) in [5.41, 5.74) is -0.533. The minimum absolute atomic E-state index is 0.0266. The third kappa shape index (κ3) is 4.88. The van der Waals surface area contributed by atoms with Gasteiger partial charge in [0.1, 0.15) is 13.7 Å². The lowest BCUT2D eigenvalue weighted by atomic mass is 9.94. The van der Waals surface area contributed by atoms with Crippen LogP contribution in [0.15, 0.2) is 42.5 Å². The van der Waals surface area contributed by atoms with Gasteiger partial charge in [-0.05, 0) is 24.3 Å². The number of ether oxygens (including phenoxy) is 1. The van der Waals surface area contributed by atoms with Crippen molar-refractivity contribution >= 4 is 48.1 Å². The van der Waals surface area contributed by atoms with Crippen molar-refractivity contribution in [2.75, 3.05) is 11.9 Å². The molecule has 3 aromatic rings. The molecule has 12 heteroatoms. The van der Waals surface area contributed by atoms with Crippen molar-refractivity contribution in [2.45, 2.75) is 6.18 Å². The first kappa shape index (κ1) is 22.0. The molecular formula is C18H12BCl2F4N3O2. The molecule has 3 rings (SSSR count). The Balaban J connectivity index is 1.83. The molecule has 0 saturated carbocycles. The molecule has 30 heavy (non-hydrogen) atoms. The number of carbonyl (C=O) groups is 1. The molecule has 0 aliphatic rings. The lowest BCUT2D eigenvalue weighted by Crippen LogP contribution is -2.25. The third-order valence-corrected chi connectivity index (χ3v) is 4.53. The molecule has 1 heterocycles. The van der Waals surface area contributed by atoms with E-state index in [0.717, 1.165) is 10.7 Å². The number of amides is 1. The van der Waals surface area contributed by atoms with Gasteiger partial charge >= 0.3 is 6.18 Å². The lowest BCUT2D eigenvalue weighted by Gasteiger charge is -2.13. The number of hydrogen-bond donors (Lipinski definition) is 1. The monoisotopic (exact) mass is 459 g/mol. The molecule has 0 saturated heterocycles. The zero-order valence-corrected chi connectivity index (χ0v) is 16.7. The maximum Gasteiger partial charge on any atom is 0.435 e. The van der Waals surface area contributed by atoms with Crippen LogP contribution in [-0.4, -0.2) is 30.1 Å². The lowest BCUT2D eigenvalue weighted by molar-refractivity contribution is -0.141. The molecule has 156 valence electrons. The number of rotatable bonds is 5. The van der Waals surface area contributed by atoms with Crippen molar-refractivity contribution in [1.82, 2.24) is 9.78 Å². The molecule has 0 spiro atoms. The van der Waals surface area contributed by atoms with Crippen molar-refractivity contribution in [2.24, 2.45) is 0 Å². The van der Waals surface area contributed by atoms with Gasteiger partial charge in [-0.15, -0.1) is 0 Å². The Morgan fingerprint density at radius 2 is 1.87 bits per heavy atom. The smallest absolute Gasteiger partial charge is 0.435 e. The van der Waals surface area contributed by atoms with E-state index in [1.807, 2.05) is 0 Å². The van der Waals surface area contributed by atoms with Gasteiger partial charge in [0.2, 0.25) is 5.88 Å². The molecule has 1 aromatic heterocycles. The van der Waals surface area contributed by atoms with Gasteiger partial charge in [-0.2, -0.15) is 23.0 Å². The number of hydrogen-bond acceptors (Lipinski definition) is 3. The Morgan fingerprint density at radius 3 is 2.50 bits per heavy atom. The molecule has 0 bridgehead atoms. The molecule has 0 aliphatic carbocycles. The molecule has 1 amide bonds. The Hall–Kier alpha value is -2.72. The van der Waals surface area contributed by atoms with Gasteiger partial charge in [0.05, 0.1) is 21.4 Å². The molecule has 0 unspecified atom stereocenters. The number of carbonyl (C=O) groups excluding carboxylic acids is 1. The van der Waals surface area contributed by atoms with E-state index in [0.29, 0.717) is 11.5 Å². The summed E-state index contributed by atoms with van der Waals surface area (Å²) < 4.78 is 58.8. The Bertz CT molecular complexity index is 1080. The van der Waals surface area contributed by atoms with Crippen molar-refractivity contribution in [3.8, 4) is 11.6 Å². The van der Waals surface area contributed by atoms with Crippen LogP contribution in [0.5, 0.6) is 5.88 Å². The fraction of sp³-hybridized carbons (Fsp3) is 0.111. The summed E-state index contributed by atoms with van der Waals surface area (Å²) in [5, 5.41) is 6.05. The molecule has 0 fully saturated rings. The van der Waals surface area contributed by atoms with Gasteiger partial charge in [-0.1, -0.05) is 40.8 Å². The fourth-order valence-corrected chi connectivity index (χ4v) is 3.09. The average molecular weight is 460 g/mol. The zero-order chi connectivity index (χ0) is 22.1. The highest BCUT2D eigenvalue weighted by molar-refractivity contribution is 6.42. The second-order valence-corrected chi connectivity index (χ2v) is 6.96. The molecule has 2 aromatic carbocycles. The minimum Gasteiger partial charge on any atom is -0.467 e. The summed E-state index contributed by atoms with van der Waals surface area (Å²) in [4.78, 5) is 12.2. The van der Waals surface area contributed by atoms with E-state index in [1.54, 1.807) is 12.1 Å². The van der Waals surface area contributed by atoms with Crippen LogP contribution in [0, 0.1) is 5.82 Å². The van der Waals surface area contributed by atoms with E-state index >= 15 is 0 Å². The maximum atomic E-state index is 13.3. The van der Waals surface area contributed by atoms with Crippen molar-refractivity contribution in [3.63, 3.8) is 0 Å². The normalized spacial score (nSPS) is 11.4. The Kier molecular flexibility index (Phi) is 6.28. The van der Waals surface area contributed by atoms with Gasteiger partial charge in [0, 0.05) is 6.07 Å². The molecular weight excluding hydrogens is 448 g/mol. The summed E-state index contributed by atoms with van der Waals surface area (Å²) in [6.07, 6.45) is -4.73. The second kappa shape index (κ2) is 8.57. The second-order valence-electron chi connectivity index (χ2n) is 6.15. The third-order valence-electron chi connectivity index (χ3n) is 3.92. The van der Waals surface area contributed by atoms with Crippen LogP contribution in [0.25, 0.3) is 5.69 Å². The largest absolute Gasteiger partial charge is 0.467 e. The van der Waals surface area contributed by atoms with Gasteiger partial charge in [-0.25, -0.2) is 4.39 Å². The van der Waals surface area contributed by atoms with Crippen LogP contribution in [-0.2, 0) is 11.0 Å². The van der Waals surface area contributed by atoms with Gasteiger partial charge in [0.15, 0.2) is 12.3 Å². The van der Waals surface area contributed by atoms with Crippen LogP contribution in [0.3, 0.4) is 0 Å². The average Bonchev–Trinajstić information content (AvgIpc) is 3.08. The highest BCUT2D eigenvalue weighted by atomic mass is 35.5. The summed E-state index contributed by atoms with van der Waals surface area (Å²) in [7, 11) is 1.54. The molecule has 0 aliphatic heterocycles. The van der Waals surface area contributed by atoms with Crippen LogP contribution in [0.1, 0.15) is 5.69 Å². The van der Waals surface area contributed by atoms with Crippen LogP contribution < -0.4 is 15.5 Å². The Morgan fingerprint density at radius 1 is 1.17 bits per heavy atom. The number of benzene rings is 2. The number of anilines is 1. The molecule has 0 atom stereocenters. The summed E-state index contributed by atoms with van der Waals surface area (Å²) >= 11 is 12.0. The highest BCUT2D eigenvalue weighted by Crippen LogP contribution is 2.33. The molecule has 1 N–H and O–H groups in total. The van der Waals surface area contributed by atoms with E-state index in [9.17, 15) is 22.4 Å². The quantitative estimate of drug-likeness (QED) is 0.468. The predicted molar refractivity (Wildman–Crippen MR) is 107 cm³/mol. The van der Waals surface area contributed by atoms with Gasteiger partial charge in [0.25, 0.3) is 5.91 Å². The number of nitrogens with one attached hydrogen (secondary N) is 1. The van der Waals surface area contributed by atoms with E-state index in [-0.39, 0.29) is 27.3 Å². The van der Waals surface area contributed by atoms with Gasteiger partial charge in [-0.3, -0.25) is 4.79 Å². The van der Waals surface area contributed by atoms with E-state index in [2.05, 4.69) is 10.4 Å². The fourth-order valence-electron chi connectivity index (χ4n) is 2.58. The minimum atomic E-state index is -4.73. The first-order valence-electron chi connectivity index (χ1n) is 8.36. The first-order valence-corrected chi connectivity index (χ1v) is 9.12. The molecule has 5 nitrogen and oxygen atoms in total. The van der Waals surface area contributed by atoms with E-state index < -0.39 is 30.2 Å². The summed E-state index contributed by atoms with van der Waals surface area (Å²) in [6, 6.07) is 8.94. The highest BCUT2D eigenvalue weighted by Gasteiger charge is 2.36. The van der Waals surface area contributed by atoms with E-state index in [4.69, 9.17) is 27.9 Å². The zero-order valence-electron chi connectivity index (χ0n) is 15.2.